The monoisotopic (exact) mass is 507 g/mol. The van der Waals surface area contributed by atoms with Gasteiger partial charge < -0.3 is 14.7 Å². The predicted molar refractivity (Wildman–Crippen MR) is 145 cm³/mol. The number of anilines is 3. The van der Waals surface area contributed by atoms with Crippen molar-refractivity contribution < 1.29 is 9.59 Å². The lowest BCUT2D eigenvalue weighted by atomic mass is 10.0. The van der Waals surface area contributed by atoms with E-state index in [4.69, 9.17) is 9.97 Å². The number of benzene rings is 1. The molecular weight excluding hydrogens is 474 g/mol. The lowest BCUT2D eigenvalue weighted by molar-refractivity contribution is -0.115. The number of carbonyl (C=O) groups excluding carboxylic acids is 2. The van der Waals surface area contributed by atoms with Crippen molar-refractivity contribution in [2.24, 2.45) is 0 Å². The first-order valence-corrected chi connectivity index (χ1v) is 13.5. The highest BCUT2D eigenvalue weighted by molar-refractivity contribution is 8.18. The van der Waals surface area contributed by atoms with E-state index in [0.717, 1.165) is 56.0 Å². The van der Waals surface area contributed by atoms with Gasteiger partial charge in [0, 0.05) is 51.0 Å². The Balaban J connectivity index is 1.36. The summed E-state index contributed by atoms with van der Waals surface area (Å²) in [5.74, 6) is 1.00. The summed E-state index contributed by atoms with van der Waals surface area (Å²) in [5.41, 5.74) is 1.62. The maximum atomic E-state index is 12.1. The fraction of sp³-hybridized carbons (Fsp3) is 0.462. The standard InChI is InChI=1S/C26H33N7O2S/c1-3-31-11-9-21(10-12-31)32-13-15-33(16-14-32)25-27-19(17-22-24(34)29-26(35)36-22)18-23(28-25)30(2)20-7-5-4-6-8-20/h4-8,17-18,21H,3,9-16H2,1-2H3,(H,29,34,35)/b22-17-. The van der Waals surface area contributed by atoms with E-state index < -0.39 is 0 Å². The van der Waals surface area contributed by atoms with Gasteiger partial charge in [0.1, 0.15) is 5.82 Å². The second-order valence-corrected chi connectivity index (χ2v) is 10.4. The molecule has 0 aliphatic carbocycles. The zero-order valence-corrected chi connectivity index (χ0v) is 21.7. The lowest BCUT2D eigenvalue weighted by Gasteiger charge is -2.42. The van der Waals surface area contributed by atoms with Crippen LogP contribution in [0.2, 0.25) is 0 Å². The summed E-state index contributed by atoms with van der Waals surface area (Å²) in [5, 5.41) is 1.96. The van der Waals surface area contributed by atoms with E-state index in [1.54, 1.807) is 6.08 Å². The fourth-order valence-corrected chi connectivity index (χ4v) is 5.72. The summed E-state index contributed by atoms with van der Waals surface area (Å²) >= 11 is 0.902. The largest absolute Gasteiger partial charge is 0.338 e. The van der Waals surface area contributed by atoms with Crippen LogP contribution in [0.15, 0.2) is 41.3 Å². The molecule has 3 fully saturated rings. The van der Waals surface area contributed by atoms with Gasteiger partial charge in [0.25, 0.3) is 11.1 Å². The molecule has 1 N–H and O–H groups in total. The molecule has 0 radical (unpaired) electrons. The van der Waals surface area contributed by atoms with Crippen molar-refractivity contribution in [2.75, 3.05) is 62.7 Å². The maximum Gasteiger partial charge on any atom is 0.290 e. The zero-order valence-electron chi connectivity index (χ0n) is 20.9. The highest BCUT2D eigenvalue weighted by Crippen LogP contribution is 2.29. The molecule has 36 heavy (non-hydrogen) atoms. The number of hydrogen-bond donors (Lipinski definition) is 1. The Morgan fingerprint density at radius 2 is 1.78 bits per heavy atom. The summed E-state index contributed by atoms with van der Waals surface area (Å²) in [6, 6.07) is 12.5. The molecule has 0 unspecified atom stereocenters. The van der Waals surface area contributed by atoms with Gasteiger partial charge in [-0.1, -0.05) is 25.1 Å². The van der Waals surface area contributed by atoms with Gasteiger partial charge in [0.15, 0.2) is 0 Å². The summed E-state index contributed by atoms with van der Waals surface area (Å²) < 4.78 is 0. The van der Waals surface area contributed by atoms with Crippen molar-refractivity contribution in [2.45, 2.75) is 25.8 Å². The second kappa shape index (κ2) is 11.0. The highest BCUT2D eigenvalue weighted by Gasteiger charge is 2.29. The topological polar surface area (TPSA) is 84.9 Å². The number of carbonyl (C=O) groups is 2. The molecular formula is C26H33N7O2S. The van der Waals surface area contributed by atoms with Crippen LogP contribution in [0.4, 0.5) is 22.2 Å². The molecule has 0 atom stereocenters. The summed E-state index contributed by atoms with van der Waals surface area (Å²) in [7, 11) is 1.97. The Kier molecular flexibility index (Phi) is 7.54. The van der Waals surface area contributed by atoms with Crippen LogP contribution in [0.25, 0.3) is 6.08 Å². The summed E-state index contributed by atoms with van der Waals surface area (Å²) in [6.07, 6.45) is 4.14. The Morgan fingerprint density at radius 3 is 2.42 bits per heavy atom. The molecule has 2 aromatic rings. The van der Waals surface area contributed by atoms with Crippen molar-refractivity contribution >= 4 is 46.4 Å². The van der Waals surface area contributed by atoms with Crippen molar-refractivity contribution in [1.82, 2.24) is 25.1 Å². The summed E-state index contributed by atoms with van der Waals surface area (Å²) in [6.45, 7) is 9.44. The number of hydrogen-bond acceptors (Lipinski definition) is 9. The van der Waals surface area contributed by atoms with Gasteiger partial charge in [-0.2, -0.15) is 4.98 Å². The van der Waals surface area contributed by atoms with Crippen LogP contribution in [0.3, 0.4) is 0 Å². The lowest BCUT2D eigenvalue weighted by Crippen LogP contribution is -2.53. The average molecular weight is 508 g/mol. The zero-order chi connectivity index (χ0) is 25.1. The molecule has 0 bridgehead atoms. The smallest absolute Gasteiger partial charge is 0.290 e. The number of rotatable bonds is 6. The van der Waals surface area contributed by atoms with E-state index in [9.17, 15) is 9.59 Å². The molecule has 1 aromatic carbocycles. The quantitative estimate of drug-likeness (QED) is 0.593. The van der Waals surface area contributed by atoms with Crippen molar-refractivity contribution in [1.29, 1.82) is 0 Å². The van der Waals surface area contributed by atoms with E-state index in [0.29, 0.717) is 22.6 Å². The number of piperidine rings is 1. The molecule has 10 heteroatoms. The minimum absolute atomic E-state index is 0.348. The molecule has 9 nitrogen and oxygen atoms in total. The molecule has 3 aliphatic rings. The van der Waals surface area contributed by atoms with Gasteiger partial charge in [-0.25, -0.2) is 4.98 Å². The number of imide groups is 1. The van der Waals surface area contributed by atoms with Gasteiger partial charge >= 0.3 is 0 Å². The minimum atomic E-state index is -0.383. The first kappa shape index (κ1) is 24.7. The predicted octanol–water partition coefficient (Wildman–Crippen LogP) is 3.17. The van der Waals surface area contributed by atoms with Crippen molar-refractivity contribution in [3.8, 4) is 0 Å². The first-order chi connectivity index (χ1) is 17.5. The number of nitrogens with one attached hydrogen (secondary N) is 1. The maximum absolute atomic E-state index is 12.1. The second-order valence-electron chi connectivity index (χ2n) is 9.39. The highest BCUT2D eigenvalue weighted by atomic mass is 32.2. The first-order valence-electron chi connectivity index (χ1n) is 12.6. The molecule has 3 saturated heterocycles. The Morgan fingerprint density at radius 1 is 1.06 bits per heavy atom. The van der Waals surface area contributed by atoms with Crippen LogP contribution in [0.1, 0.15) is 25.5 Å². The van der Waals surface area contributed by atoms with E-state index in [1.807, 2.05) is 48.3 Å². The van der Waals surface area contributed by atoms with E-state index in [-0.39, 0.29) is 11.1 Å². The van der Waals surface area contributed by atoms with Crippen molar-refractivity contribution in [3.63, 3.8) is 0 Å². The third-order valence-corrected chi connectivity index (χ3v) is 8.06. The average Bonchev–Trinajstić information content (AvgIpc) is 3.24. The van der Waals surface area contributed by atoms with Crippen LogP contribution in [0.5, 0.6) is 0 Å². The number of amides is 2. The fourth-order valence-electron chi connectivity index (χ4n) is 5.05. The molecule has 2 amide bonds. The van der Waals surface area contributed by atoms with E-state index in [1.165, 1.54) is 25.9 Å². The SMILES string of the molecule is CCN1CCC(N2CCN(c3nc(/C=C4\SC(=O)NC4=O)cc(N(C)c4ccccc4)n3)CC2)CC1. The molecule has 4 heterocycles. The number of piperazine rings is 1. The van der Waals surface area contributed by atoms with Gasteiger partial charge in [-0.3, -0.25) is 19.8 Å². The van der Waals surface area contributed by atoms with Gasteiger partial charge in [0.05, 0.1) is 10.6 Å². The number of para-hydroxylation sites is 1. The molecule has 0 saturated carbocycles. The molecule has 5 rings (SSSR count). The van der Waals surface area contributed by atoms with Crippen molar-refractivity contribution in [3.05, 3.63) is 47.0 Å². The van der Waals surface area contributed by atoms with Crippen LogP contribution in [0, 0.1) is 0 Å². The van der Waals surface area contributed by atoms with Gasteiger partial charge in [-0.05, 0) is 62.4 Å². The van der Waals surface area contributed by atoms with Crippen LogP contribution in [-0.4, -0.2) is 89.8 Å². The summed E-state index contributed by atoms with van der Waals surface area (Å²) in [4.78, 5) is 43.3. The molecule has 3 aliphatic heterocycles. The Labute approximate surface area is 216 Å². The number of likely N-dealkylation sites (tertiary alicyclic amines) is 1. The number of thioether (sulfide) groups is 1. The van der Waals surface area contributed by atoms with E-state index >= 15 is 0 Å². The Bertz CT molecular complexity index is 1130. The number of nitrogens with zero attached hydrogens (tertiary/aromatic N) is 6. The molecule has 1 aromatic heterocycles. The Hall–Kier alpha value is -2.95. The number of aromatic nitrogens is 2. The minimum Gasteiger partial charge on any atom is -0.338 e. The van der Waals surface area contributed by atoms with Gasteiger partial charge in [0.2, 0.25) is 5.95 Å². The molecule has 0 spiro atoms. The third-order valence-electron chi connectivity index (χ3n) is 7.25. The normalized spacial score (nSPS) is 21.3. The van der Waals surface area contributed by atoms with E-state index in [2.05, 4.69) is 26.9 Å². The van der Waals surface area contributed by atoms with Crippen LogP contribution >= 0.6 is 11.8 Å². The van der Waals surface area contributed by atoms with Gasteiger partial charge in [-0.15, -0.1) is 0 Å². The third kappa shape index (κ3) is 5.55. The molecule has 190 valence electrons. The van der Waals surface area contributed by atoms with Crippen LogP contribution in [-0.2, 0) is 4.79 Å². The van der Waals surface area contributed by atoms with Crippen LogP contribution < -0.4 is 15.1 Å².